The molecule has 5 nitrogen and oxygen atoms in total. The van der Waals surface area contributed by atoms with E-state index >= 15 is 0 Å². The molecule has 6 heteroatoms. The summed E-state index contributed by atoms with van der Waals surface area (Å²) in [7, 11) is 0. The molecule has 1 aromatic carbocycles. The molecule has 0 heterocycles. The fraction of sp³-hybridized carbons (Fsp3) is 0. The van der Waals surface area contributed by atoms with E-state index in [0.717, 1.165) is 0 Å². The van der Waals surface area contributed by atoms with E-state index in [9.17, 15) is 4.79 Å². The van der Waals surface area contributed by atoms with Crippen LogP contribution in [0.4, 0.5) is 11.4 Å². The maximum absolute atomic E-state index is 10.8. The highest BCUT2D eigenvalue weighted by Gasteiger charge is 2.10. The molecular formula is C8H9N3O2S. The first kappa shape index (κ1) is 10.3. The SMILES string of the molecule is NC(=S)Nc1ccc(N)cc1C(=O)O. The highest BCUT2D eigenvalue weighted by Crippen LogP contribution is 2.18. The number of thiocarbonyl (C=S) groups is 1. The number of nitrogen functional groups attached to an aromatic ring is 1. The molecule has 74 valence electrons. The van der Waals surface area contributed by atoms with E-state index in [1.807, 2.05) is 0 Å². The van der Waals surface area contributed by atoms with E-state index in [1.54, 1.807) is 6.07 Å². The number of hydrogen-bond donors (Lipinski definition) is 4. The number of rotatable bonds is 2. The van der Waals surface area contributed by atoms with E-state index in [2.05, 4.69) is 17.5 Å². The Balaban J connectivity index is 3.14. The number of anilines is 2. The molecule has 6 N–H and O–H groups in total. The summed E-state index contributed by atoms with van der Waals surface area (Å²) in [5.74, 6) is -1.09. The molecule has 0 saturated heterocycles. The smallest absolute Gasteiger partial charge is 0.337 e. The van der Waals surface area contributed by atoms with Gasteiger partial charge in [-0.3, -0.25) is 0 Å². The summed E-state index contributed by atoms with van der Waals surface area (Å²) in [6.07, 6.45) is 0. The van der Waals surface area contributed by atoms with E-state index in [1.165, 1.54) is 12.1 Å². The maximum atomic E-state index is 10.8. The van der Waals surface area contributed by atoms with Crippen LogP contribution in [0.5, 0.6) is 0 Å². The molecule has 0 fully saturated rings. The summed E-state index contributed by atoms with van der Waals surface area (Å²) in [6.45, 7) is 0. The zero-order chi connectivity index (χ0) is 10.7. The molecule has 0 aliphatic rings. The summed E-state index contributed by atoms with van der Waals surface area (Å²) >= 11 is 4.60. The third kappa shape index (κ3) is 2.33. The van der Waals surface area contributed by atoms with Crippen LogP contribution in [0.3, 0.4) is 0 Å². The summed E-state index contributed by atoms with van der Waals surface area (Å²) in [4.78, 5) is 10.8. The minimum Gasteiger partial charge on any atom is -0.478 e. The molecule has 0 unspecified atom stereocenters. The fourth-order valence-electron chi connectivity index (χ4n) is 0.981. The second kappa shape index (κ2) is 3.93. The highest BCUT2D eigenvalue weighted by atomic mass is 32.1. The molecule has 0 aliphatic carbocycles. The zero-order valence-corrected chi connectivity index (χ0v) is 7.97. The van der Waals surface area contributed by atoms with Crippen molar-refractivity contribution in [3.05, 3.63) is 23.8 Å². The predicted molar refractivity (Wildman–Crippen MR) is 58.2 cm³/mol. The maximum Gasteiger partial charge on any atom is 0.337 e. The normalized spacial score (nSPS) is 9.43. The first-order valence-electron chi connectivity index (χ1n) is 3.70. The molecule has 0 amide bonds. The van der Waals surface area contributed by atoms with Gasteiger partial charge in [-0.05, 0) is 30.4 Å². The highest BCUT2D eigenvalue weighted by molar-refractivity contribution is 7.80. The van der Waals surface area contributed by atoms with Gasteiger partial charge in [-0.25, -0.2) is 4.79 Å². The molecule has 0 bridgehead atoms. The van der Waals surface area contributed by atoms with Gasteiger partial charge in [0.05, 0.1) is 11.3 Å². The lowest BCUT2D eigenvalue weighted by atomic mass is 10.1. The van der Waals surface area contributed by atoms with E-state index in [-0.39, 0.29) is 10.7 Å². The van der Waals surface area contributed by atoms with Crippen LogP contribution in [0.1, 0.15) is 10.4 Å². The molecule has 1 rings (SSSR count). The number of carbonyl (C=O) groups is 1. The van der Waals surface area contributed by atoms with Crippen LogP contribution in [-0.4, -0.2) is 16.2 Å². The largest absolute Gasteiger partial charge is 0.478 e. The van der Waals surface area contributed by atoms with Crippen molar-refractivity contribution in [1.82, 2.24) is 0 Å². The molecule has 0 aliphatic heterocycles. The van der Waals surface area contributed by atoms with Crippen LogP contribution in [0.2, 0.25) is 0 Å². The average molecular weight is 211 g/mol. The standard InChI is InChI=1S/C8H9N3O2S/c9-4-1-2-6(11-8(10)14)5(3-4)7(12)13/h1-3H,9H2,(H,12,13)(H3,10,11,14). The van der Waals surface area contributed by atoms with E-state index in [4.69, 9.17) is 16.6 Å². The monoisotopic (exact) mass is 211 g/mol. The quantitative estimate of drug-likeness (QED) is 0.422. The minimum absolute atomic E-state index is 0.0114. The number of carboxylic acids is 1. The summed E-state index contributed by atoms with van der Waals surface area (Å²) < 4.78 is 0. The van der Waals surface area contributed by atoms with Gasteiger partial charge >= 0.3 is 5.97 Å². The van der Waals surface area contributed by atoms with Gasteiger partial charge in [0.1, 0.15) is 0 Å². The van der Waals surface area contributed by atoms with Crippen molar-refractivity contribution >= 4 is 34.7 Å². The van der Waals surface area contributed by atoms with Crippen molar-refractivity contribution in [2.24, 2.45) is 5.73 Å². The topological polar surface area (TPSA) is 101 Å². The van der Waals surface area contributed by atoms with Crippen molar-refractivity contribution < 1.29 is 9.90 Å². The van der Waals surface area contributed by atoms with Crippen molar-refractivity contribution in [3.8, 4) is 0 Å². The number of carboxylic acid groups (broad SMARTS) is 1. The average Bonchev–Trinajstić information content (AvgIpc) is 2.07. The Kier molecular flexibility index (Phi) is 2.88. The van der Waals surface area contributed by atoms with Gasteiger partial charge in [0, 0.05) is 5.69 Å². The lowest BCUT2D eigenvalue weighted by Crippen LogP contribution is -2.20. The lowest BCUT2D eigenvalue weighted by Gasteiger charge is -2.07. The van der Waals surface area contributed by atoms with Crippen LogP contribution in [0.15, 0.2) is 18.2 Å². The van der Waals surface area contributed by atoms with Crippen LogP contribution in [0, 0.1) is 0 Å². The Morgan fingerprint density at radius 1 is 1.50 bits per heavy atom. The Labute approximate surface area is 85.7 Å². The van der Waals surface area contributed by atoms with Gasteiger partial charge < -0.3 is 21.9 Å². The van der Waals surface area contributed by atoms with Crippen LogP contribution in [0.25, 0.3) is 0 Å². The Bertz CT molecular complexity index is 392. The van der Waals surface area contributed by atoms with Gasteiger partial charge in [0.25, 0.3) is 0 Å². The van der Waals surface area contributed by atoms with Gasteiger partial charge in [-0.2, -0.15) is 0 Å². The molecular weight excluding hydrogens is 202 g/mol. The van der Waals surface area contributed by atoms with Gasteiger partial charge in [-0.15, -0.1) is 0 Å². The lowest BCUT2D eigenvalue weighted by molar-refractivity contribution is 0.0698. The number of nitrogens with two attached hydrogens (primary N) is 2. The first-order chi connectivity index (χ1) is 6.50. The fourth-order valence-corrected chi connectivity index (χ4v) is 1.09. The predicted octanol–water partition coefficient (Wildman–Crippen LogP) is 0.622. The second-order valence-corrected chi connectivity index (χ2v) is 3.04. The molecule has 0 aromatic heterocycles. The second-order valence-electron chi connectivity index (χ2n) is 2.60. The van der Waals surface area contributed by atoms with Gasteiger partial charge in [-0.1, -0.05) is 0 Å². The van der Waals surface area contributed by atoms with Gasteiger partial charge in [0.15, 0.2) is 5.11 Å². The molecule has 0 saturated carbocycles. The van der Waals surface area contributed by atoms with Crippen molar-refractivity contribution in [2.45, 2.75) is 0 Å². The Morgan fingerprint density at radius 3 is 2.64 bits per heavy atom. The van der Waals surface area contributed by atoms with Gasteiger partial charge in [0.2, 0.25) is 0 Å². The van der Waals surface area contributed by atoms with Crippen LogP contribution in [-0.2, 0) is 0 Å². The Morgan fingerprint density at radius 2 is 2.14 bits per heavy atom. The molecule has 14 heavy (non-hydrogen) atoms. The number of benzene rings is 1. The third-order valence-electron chi connectivity index (χ3n) is 1.53. The summed E-state index contributed by atoms with van der Waals surface area (Å²) in [6, 6.07) is 4.41. The third-order valence-corrected chi connectivity index (χ3v) is 1.63. The van der Waals surface area contributed by atoms with E-state index < -0.39 is 5.97 Å². The number of aromatic carboxylic acids is 1. The van der Waals surface area contributed by atoms with Crippen molar-refractivity contribution in [2.75, 3.05) is 11.1 Å². The molecule has 0 spiro atoms. The minimum atomic E-state index is -1.09. The molecule has 0 atom stereocenters. The van der Waals surface area contributed by atoms with E-state index in [0.29, 0.717) is 11.4 Å². The zero-order valence-electron chi connectivity index (χ0n) is 7.15. The van der Waals surface area contributed by atoms with Crippen LogP contribution < -0.4 is 16.8 Å². The first-order valence-corrected chi connectivity index (χ1v) is 4.11. The Hall–Kier alpha value is -1.82. The molecule has 0 radical (unpaired) electrons. The summed E-state index contributed by atoms with van der Waals surface area (Å²) in [5, 5.41) is 11.4. The summed E-state index contributed by atoms with van der Waals surface area (Å²) in [5.41, 5.74) is 11.4. The van der Waals surface area contributed by atoms with Crippen LogP contribution >= 0.6 is 12.2 Å². The van der Waals surface area contributed by atoms with Crippen molar-refractivity contribution in [3.63, 3.8) is 0 Å². The number of hydrogen-bond acceptors (Lipinski definition) is 3. The molecule has 1 aromatic rings. The van der Waals surface area contributed by atoms with Crippen molar-refractivity contribution in [1.29, 1.82) is 0 Å². The number of nitrogens with one attached hydrogen (secondary N) is 1.